The van der Waals surface area contributed by atoms with E-state index in [2.05, 4.69) is 10.3 Å². The highest BCUT2D eigenvalue weighted by molar-refractivity contribution is 7.84. The molecule has 0 radical (unpaired) electrons. The lowest BCUT2D eigenvalue weighted by atomic mass is 10.0. The lowest BCUT2D eigenvalue weighted by Crippen LogP contribution is -2.20. The van der Waals surface area contributed by atoms with Gasteiger partial charge in [-0.05, 0) is 42.7 Å². The zero-order chi connectivity index (χ0) is 17.6. The summed E-state index contributed by atoms with van der Waals surface area (Å²) in [6.07, 6.45) is 7.12. The van der Waals surface area contributed by atoms with Gasteiger partial charge in [0.15, 0.2) is 5.69 Å². The molecule has 5 nitrogen and oxygen atoms in total. The molecular weight excluding hydrogens is 336 g/mol. The van der Waals surface area contributed by atoms with Crippen LogP contribution < -0.4 is 5.32 Å². The summed E-state index contributed by atoms with van der Waals surface area (Å²) in [5, 5.41) is 12.7. The highest BCUT2D eigenvalue weighted by Crippen LogP contribution is 2.24. The van der Waals surface area contributed by atoms with Crippen molar-refractivity contribution >= 4 is 22.4 Å². The van der Waals surface area contributed by atoms with Crippen LogP contribution in [-0.4, -0.2) is 25.5 Å². The van der Waals surface area contributed by atoms with E-state index in [0.717, 1.165) is 18.4 Å². The Hall–Kier alpha value is -2.21. The summed E-state index contributed by atoms with van der Waals surface area (Å²) >= 11 is 0. The van der Waals surface area contributed by atoms with E-state index in [0.29, 0.717) is 11.4 Å². The molecule has 132 valence electrons. The molecule has 1 saturated carbocycles. The lowest BCUT2D eigenvalue weighted by Gasteiger charge is -2.21. The van der Waals surface area contributed by atoms with E-state index in [1.54, 1.807) is 12.1 Å². The summed E-state index contributed by atoms with van der Waals surface area (Å²) in [5.41, 5.74) is 1.53. The van der Waals surface area contributed by atoms with Crippen molar-refractivity contribution in [2.45, 2.75) is 43.1 Å². The molecule has 1 fully saturated rings. The summed E-state index contributed by atoms with van der Waals surface area (Å²) in [6.45, 7) is 0. The summed E-state index contributed by atoms with van der Waals surface area (Å²) in [6, 6.07) is 10.3. The van der Waals surface area contributed by atoms with Gasteiger partial charge in [-0.15, -0.1) is 0 Å². The summed E-state index contributed by atoms with van der Waals surface area (Å²) in [7, 11) is -0.883. The molecule has 6 heteroatoms. The number of rotatable bonds is 5. The van der Waals surface area contributed by atoms with Crippen LogP contribution in [0, 0.1) is 0 Å². The van der Waals surface area contributed by atoms with Crippen molar-refractivity contribution in [3.05, 3.63) is 53.9 Å². The number of carbonyl (C=O) groups excluding carboxylic acids is 1. The Balaban J connectivity index is 1.66. The molecule has 25 heavy (non-hydrogen) atoms. The topological polar surface area (TPSA) is 79.3 Å². The number of aromatic nitrogens is 1. The van der Waals surface area contributed by atoms with Crippen molar-refractivity contribution in [3.8, 4) is 5.75 Å². The number of carbonyl (C=O) groups is 1. The maximum Gasteiger partial charge on any atom is 0.278 e. The first-order chi connectivity index (χ1) is 12.1. The Labute approximate surface area is 150 Å². The van der Waals surface area contributed by atoms with Gasteiger partial charge >= 0.3 is 0 Å². The molecule has 1 atom stereocenters. The second-order valence-corrected chi connectivity index (χ2v) is 8.03. The molecule has 1 aromatic heterocycles. The average Bonchev–Trinajstić information content (AvgIpc) is 2.63. The highest BCUT2D eigenvalue weighted by Gasteiger charge is 2.20. The van der Waals surface area contributed by atoms with Crippen molar-refractivity contribution in [1.82, 2.24) is 4.98 Å². The first kappa shape index (κ1) is 17.6. The number of hydrogen-bond acceptors (Lipinski definition) is 4. The van der Waals surface area contributed by atoms with Gasteiger partial charge in [-0.25, -0.2) is 4.98 Å². The highest BCUT2D eigenvalue weighted by atomic mass is 32.2. The van der Waals surface area contributed by atoms with E-state index in [9.17, 15) is 14.1 Å². The van der Waals surface area contributed by atoms with Crippen molar-refractivity contribution in [2.75, 3.05) is 5.32 Å². The molecule has 3 rings (SSSR count). The van der Waals surface area contributed by atoms with E-state index in [4.69, 9.17) is 0 Å². The van der Waals surface area contributed by atoms with Gasteiger partial charge in [0.25, 0.3) is 5.91 Å². The van der Waals surface area contributed by atoms with E-state index in [-0.39, 0.29) is 16.7 Å². The molecule has 0 spiro atoms. The largest absolute Gasteiger partial charge is 0.505 e. The van der Waals surface area contributed by atoms with Gasteiger partial charge in [0.2, 0.25) is 0 Å². The van der Waals surface area contributed by atoms with Crippen molar-refractivity contribution in [2.24, 2.45) is 0 Å². The second-order valence-electron chi connectivity index (χ2n) is 6.31. The van der Waals surface area contributed by atoms with Crippen LogP contribution in [0.15, 0.2) is 42.6 Å². The molecule has 1 aliphatic carbocycles. The predicted octanol–water partition coefficient (Wildman–Crippen LogP) is 3.62. The molecule has 1 amide bonds. The smallest absolute Gasteiger partial charge is 0.278 e. The van der Waals surface area contributed by atoms with Gasteiger partial charge in [-0.3, -0.25) is 9.00 Å². The number of benzene rings is 1. The van der Waals surface area contributed by atoms with Gasteiger partial charge in [0.1, 0.15) is 5.75 Å². The minimum Gasteiger partial charge on any atom is -0.505 e. The SMILES string of the molecule is O=C(Nc1cccc(CS(=O)C2CCCCC2)c1)c1ncccc1O. The molecule has 1 aromatic carbocycles. The number of aromatic hydroxyl groups is 1. The minimum absolute atomic E-state index is 0.0151. The van der Waals surface area contributed by atoms with E-state index in [1.807, 2.05) is 18.2 Å². The fraction of sp³-hybridized carbons (Fsp3) is 0.368. The summed E-state index contributed by atoms with van der Waals surface area (Å²) < 4.78 is 12.5. The fourth-order valence-electron chi connectivity index (χ4n) is 3.11. The van der Waals surface area contributed by atoms with Gasteiger partial charge < -0.3 is 10.4 Å². The minimum atomic E-state index is -0.883. The predicted molar refractivity (Wildman–Crippen MR) is 99.0 cm³/mol. The first-order valence-corrected chi connectivity index (χ1v) is 9.93. The molecule has 2 N–H and O–H groups in total. The number of amides is 1. The number of nitrogens with zero attached hydrogens (tertiary/aromatic N) is 1. The number of pyridine rings is 1. The van der Waals surface area contributed by atoms with Crippen LogP contribution in [0.25, 0.3) is 0 Å². The summed E-state index contributed by atoms with van der Waals surface area (Å²) in [4.78, 5) is 16.1. The maximum absolute atomic E-state index is 12.5. The van der Waals surface area contributed by atoms with Gasteiger partial charge in [-0.2, -0.15) is 0 Å². The third kappa shape index (κ3) is 4.66. The Kier molecular flexibility index (Phi) is 5.81. The Morgan fingerprint density at radius 3 is 2.76 bits per heavy atom. The number of nitrogens with one attached hydrogen (secondary N) is 1. The Morgan fingerprint density at radius 2 is 2.00 bits per heavy atom. The van der Waals surface area contributed by atoms with Crippen molar-refractivity contribution < 1.29 is 14.1 Å². The lowest BCUT2D eigenvalue weighted by molar-refractivity contribution is 0.101. The quantitative estimate of drug-likeness (QED) is 0.855. The molecule has 2 aromatic rings. The molecule has 1 aliphatic rings. The third-order valence-corrected chi connectivity index (χ3v) is 6.25. The third-order valence-electron chi connectivity index (χ3n) is 4.42. The van der Waals surface area contributed by atoms with Crippen LogP contribution in [0.2, 0.25) is 0 Å². The van der Waals surface area contributed by atoms with Gasteiger partial charge in [0, 0.05) is 33.7 Å². The number of hydrogen-bond donors (Lipinski definition) is 2. The zero-order valence-corrected chi connectivity index (χ0v) is 14.8. The normalized spacial score (nSPS) is 16.3. The van der Waals surface area contributed by atoms with Crippen LogP contribution in [-0.2, 0) is 16.6 Å². The standard InChI is InChI=1S/C19H22N2O3S/c22-17-10-5-11-20-18(17)19(23)21-15-7-4-6-14(12-15)13-25(24)16-8-2-1-3-9-16/h4-7,10-12,16,22H,1-3,8-9,13H2,(H,21,23). The molecular formula is C19H22N2O3S. The van der Waals surface area contributed by atoms with Crippen molar-refractivity contribution in [3.63, 3.8) is 0 Å². The van der Waals surface area contributed by atoms with Gasteiger partial charge in [-0.1, -0.05) is 31.4 Å². The Morgan fingerprint density at radius 1 is 1.20 bits per heavy atom. The number of anilines is 1. The fourth-order valence-corrected chi connectivity index (χ4v) is 4.71. The average molecular weight is 358 g/mol. The summed E-state index contributed by atoms with van der Waals surface area (Å²) in [5.74, 6) is -0.123. The van der Waals surface area contributed by atoms with E-state index in [1.165, 1.54) is 31.5 Å². The molecule has 0 bridgehead atoms. The van der Waals surface area contributed by atoms with Crippen LogP contribution >= 0.6 is 0 Å². The zero-order valence-electron chi connectivity index (χ0n) is 14.0. The van der Waals surface area contributed by atoms with Crippen LogP contribution in [0.4, 0.5) is 5.69 Å². The van der Waals surface area contributed by atoms with Gasteiger partial charge in [0.05, 0.1) is 0 Å². The van der Waals surface area contributed by atoms with Crippen LogP contribution in [0.3, 0.4) is 0 Å². The van der Waals surface area contributed by atoms with Crippen LogP contribution in [0.5, 0.6) is 5.75 Å². The van der Waals surface area contributed by atoms with E-state index >= 15 is 0 Å². The molecule has 1 unspecified atom stereocenters. The van der Waals surface area contributed by atoms with E-state index < -0.39 is 16.7 Å². The van der Waals surface area contributed by atoms with Crippen molar-refractivity contribution in [1.29, 1.82) is 0 Å². The molecule has 1 heterocycles. The monoisotopic (exact) mass is 358 g/mol. The first-order valence-electron chi connectivity index (χ1n) is 8.55. The Bertz CT molecular complexity index is 773. The van der Waals surface area contributed by atoms with Crippen LogP contribution in [0.1, 0.15) is 48.2 Å². The molecule has 0 saturated heterocycles. The second kappa shape index (κ2) is 8.25. The molecule has 0 aliphatic heterocycles. The maximum atomic E-state index is 12.5.